The number of hydrogen-bond acceptors (Lipinski definition) is 4. The van der Waals surface area contributed by atoms with Crippen molar-refractivity contribution in [3.63, 3.8) is 0 Å². The topological polar surface area (TPSA) is 49.8 Å². The molecule has 5 heteroatoms. The van der Waals surface area contributed by atoms with Gasteiger partial charge in [0.15, 0.2) is 0 Å². The van der Waals surface area contributed by atoms with Crippen LogP contribution in [0.25, 0.3) is 0 Å². The van der Waals surface area contributed by atoms with Crippen molar-refractivity contribution in [3.8, 4) is 0 Å². The van der Waals surface area contributed by atoms with Crippen LogP contribution in [0.3, 0.4) is 0 Å². The Morgan fingerprint density at radius 3 is 2.82 bits per heavy atom. The Kier molecular flexibility index (Phi) is 3.81. The van der Waals surface area contributed by atoms with Crippen molar-refractivity contribution in [2.75, 3.05) is 19.8 Å². The average molecular weight is 255 g/mol. The number of thiophene rings is 1. The monoisotopic (exact) mass is 255 g/mol. The van der Waals surface area contributed by atoms with E-state index in [0.717, 1.165) is 9.75 Å². The first kappa shape index (κ1) is 12.5. The molecular weight excluding hydrogens is 238 g/mol. The predicted octanol–water partition coefficient (Wildman–Crippen LogP) is 1.28. The molecule has 0 aliphatic carbocycles. The molecule has 1 N–H and O–H groups in total. The van der Waals surface area contributed by atoms with Crippen molar-refractivity contribution in [3.05, 3.63) is 21.9 Å². The molecule has 0 aromatic carbocycles. The van der Waals surface area contributed by atoms with Gasteiger partial charge in [-0.25, -0.2) is 0 Å². The van der Waals surface area contributed by atoms with E-state index in [2.05, 4.69) is 0 Å². The first-order chi connectivity index (χ1) is 8.13. The maximum absolute atomic E-state index is 12.3. The molecule has 1 saturated heterocycles. The molecule has 0 saturated carbocycles. The molecule has 2 heterocycles. The van der Waals surface area contributed by atoms with E-state index >= 15 is 0 Å². The number of carbonyl (C=O) groups excluding carboxylic acids is 1. The third-order valence-electron chi connectivity index (χ3n) is 2.97. The molecule has 1 aliphatic heterocycles. The van der Waals surface area contributed by atoms with Crippen LogP contribution in [0.15, 0.2) is 12.1 Å². The van der Waals surface area contributed by atoms with Gasteiger partial charge in [0, 0.05) is 11.4 Å². The van der Waals surface area contributed by atoms with Crippen molar-refractivity contribution >= 4 is 17.2 Å². The molecule has 94 valence electrons. The minimum absolute atomic E-state index is 0.0137. The number of amides is 1. The standard InChI is InChI=1S/C12H17NO3S/c1-3-13(9-6-16-7-10(9)14)12(15)11-5-4-8(2)17-11/h4-5,9-10,14H,3,6-7H2,1-2H3. The van der Waals surface area contributed by atoms with Gasteiger partial charge in [-0.15, -0.1) is 11.3 Å². The summed E-state index contributed by atoms with van der Waals surface area (Å²) in [5, 5.41) is 9.78. The summed E-state index contributed by atoms with van der Waals surface area (Å²) < 4.78 is 5.20. The number of likely N-dealkylation sites (N-methyl/N-ethyl adjacent to an activating group) is 1. The van der Waals surface area contributed by atoms with Crippen molar-refractivity contribution in [2.45, 2.75) is 26.0 Å². The van der Waals surface area contributed by atoms with Crippen molar-refractivity contribution in [1.82, 2.24) is 4.90 Å². The predicted molar refractivity (Wildman–Crippen MR) is 66.4 cm³/mol. The Morgan fingerprint density at radius 2 is 2.35 bits per heavy atom. The van der Waals surface area contributed by atoms with Gasteiger partial charge in [-0.05, 0) is 26.0 Å². The van der Waals surface area contributed by atoms with Crippen LogP contribution in [0.1, 0.15) is 21.5 Å². The summed E-state index contributed by atoms with van der Waals surface area (Å²) in [6.45, 7) is 5.22. The van der Waals surface area contributed by atoms with Gasteiger partial charge in [-0.2, -0.15) is 0 Å². The maximum atomic E-state index is 12.3. The fourth-order valence-corrected chi connectivity index (χ4v) is 2.87. The van der Waals surface area contributed by atoms with E-state index in [1.807, 2.05) is 26.0 Å². The normalized spacial score (nSPS) is 23.9. The van der Waals surface area contributed by atoms with Crippen molar-refractivity contribution in [2.24, 2.45) is 0 Å². The molecule has 17 heavy (non-hydrogen) atoms. The van der Waals surface area contributed by atoms with E-state index in [1.54, 1.807) is 4.90 Å². The van der Waals surface area contributed by atoms with E-state index in [9.17, 15) is 9.90 Å². The molecule has 0 spiro atoms. The summed E-state index contributed by atoms with van der Waals surface area (Å²) in [6, 6.07) is 3.57. The number of aliphatic hydroxyl groups excluding tert-OH is 1. The highest BCUT2D eigenvalue weighted by Crippen LogP contribution is 2.21. The zero-order chi connectivity index (χ0) is 12.4. The summed E-state index contributed by atoms with van der Waals surface area (Å²) in [6.07, 6.45) is -0.569. The molecule has 1 aromatic rings. The van der Waals surface area contributed by atoms with Gasteiger partial charge in [-0.3, -0.25) is 4.79 Å². The molecule has 4 nitrogen and oxygen atoms in total. The first-order valence-electron chi connectivity index (χ1n) is 5.76. The van der Waals surface area contributed by atoms with Crippen LogP contribution < -0.4 is 0 Å². The molecular formula is C12H17NO3S. The second-order valence-electron chi connectivity index (χ2n) is 4.17. The highest BCUT2D eigenvalue weighted by Gasteiger charge is 2.34. The number of ether oxygens (including phenoxy) is 1. The molecule has 1 amide bonds. The van der Waals surface area contributed by atoms with Crippen LogP contribution in [0.2, 0.25) is 0 Å². The van der Waals surface area contributed by atoms with Gasteiger partial charge in [0.1, 0.15) is 0 Å². The lowest BCUT2D eigenvalue weighted by Crippen LogP contribution is -2.46. The number of aryl methyl sites for hydroxylation is 1. The Morgan fingerprint density at radius 1 is 1.59 bits per heavy atom. The molecule has 1 aromatic heterocycles. The smallest absolute Gasteiger partial charge is 0.264 e. The van der Waals surface area contributed by atoms with Crippen LogP contribution in [0, 0.1) is 6.92 Å². The van der Waals surface area contributed by atoms with E-state index in [4.69, 9.17) is 4.74 Å². The number of aliphatic hydroxyl groups is 1. The SMILES string of the molecule is CCN(C(=O)c1ccc(C)s1)C1COCC1O. The lowest BCUT2D eigenvalue weighted by atomic mass is 10.1. The average Bonchev–Trinajstić information content (AvgIpc) is 2.90. The Hall–Kier alpha value is -0.910. The number of rotatable bonds is 3. The van der Waals surface area contributed by atoms with Crippen LogP contribution >= 0.6 is 11.3 Å². The molecule has 2 atom stereocenters. The summed E-state index contributed by atoms with van der Waals surface area (Å²) in [5.74, 6) is -0.0137. The molecule has 1 aliphatic rings. The minimum atomic E-state index is -0.569. The largest absolute Gasteiger partial charge is 0.388 e. The highest BCUT2D eigenvalue weighted by atomic mass is 32.1. The third-order valence-corrected chi connectivity index (χ3v) is 3.96. The summed E-state index contributed by atoms with van der Waals surface area (Å²) in [4.78, 5) is 15.8. The molecule has 0 radical (unpaired) electrons. The molecule has 2 unspecified atom stereocenters. The number of hydrogen-bond donors (Lipinski definition) is 1. The van der Waals surface area contributed by atoms with Crippen LogP contribution in [0.5, 0.6) is 0 Å². The lowest BCUT2D eigenvalue weighted by Gasteiger charge is -2.28. The number of carbonyl (C=O) groups is 1. The summed E-state index contributed by atoms with van der Waals surface area (Å²) >= 11 is 1.49. The van der Waals surface area contributed by atoms with E-state index < -0.39 is 6.10 Å². The highest BCUT2D eigenvalue weighted by molar-refractivity contribution is 7.13. The van der Waals surface area contributed by atoms with Gasteiger partial charge in [0.2, 0.25) is 0 Å². The van der Waals surface area contributed by atoms with Gasteiger partial charge in [0.05, 0.1) is 30.2 Å². The second kappa shape index (κ2) is 5.16. The summed E-state index contributed by atoms with van der Waals surface area (Å²) in [7, 11) is 0. The van der Waals surface area contributed by atoms with E-state index in [0.29, 0.717) is 19.8 Å². The quantitative estimate of drug-likeness (QED) is 0.885. The van der Waals surface area contributed by atoms with Gasteiger partial charge in [0.25, 0.3) is 5.91 Å². The molecule has 1 fully saturated rings. The zero-order valence-electron chi connectivity index (χ0n) is 10.0. The maximum Gasteiger partial charge on any atom is 0.264 e. The van der Waals surface area contributed by atoms with Crippen molar-refractivity contribution in [1.29, 1.82) is 0 Å². The van der Waals surface area contributed by atoms with Gasteiger partial charge in [-0.1, -0.05) is 0 Å². The lowest BCUT2D eigenvalue weighted by molar-refractivity contribution is 0.0525. The van der Waals surface area contributed by atoms with Crippen LogP contribution in [-0.4, -0.2) is 47.8 Å². The molecule has 0 bridgehead atoms. The molecule has 2 rings (SSSR count). The van der Waals surface area contributed by atoms with Gasteiger partial charge < -0.3 is 14.7 Å². The van der Waals surface area contributed by atoms with Crippen LogP contribution in [-0.2, 0) is 4.74 Å². The summed E-state index contributed by atoms with van der Waals surface area (Å²) in [5.41, 5.74) is 0. The van der Waals surface area contributed by atoms with E-state index in [1.165, 1.54) is 11.3 Å². The van der Waals surface area contributed by atoms with Crippen molar-refractivity contribution < 1.29 is 14.6 Å². The Bertz CT molecular complexity index is 404. The number of nitrogens with zero attached hydrogens (tertiary/aromatic N) is 1. The van der Waals surface area contributed by atoms with E-state index in [-0.39, 0.29) is 11.9 Å². The Labute approximate surface area is 105 Å². The van der Waals surface area contributed by atoms with Gasteiger partial charge >= 0.3 is 0 Å². The fourth-order valence-electron chi connectivity index (χ4n) is 2.05. The Balaban J connectivity index is 2.15. The zero-order valence-corrected chi connectivity index (χ0v) is 10.9. The first-order valence-corrected chi connectivity index (χ1v) is 6.58. The fraction of sp³-hybridized carbons (Fsp3) is 0.583. The second-order valence-corrected chi connectivity index (χ2v) is 5.46. The van der Waals surface area contributed by atoms with Crippen LogP contribution in [0.4, 0.5) is 0 Å². The third kappa shape index (κ3) is 2.51. The minimum Gasteiger partial charge on any atom is -0.388 e.